The fourth-order valence-electron chi connectivity index (χ4n) is 3.05. The van der Waals surface area contributed by atoms with E-state index in [9.17, 15) is 9.59 Å². The first-order valence-electron chi connectivity index (χ1n) is 8.81. The van der Waals surface area contributed by atoms with Crippen molar-refractivity contribution in [1.82, 2.24) is 10.2 Å². The molecule has 1 aromatic carbocycles. The second-order valence-corrected chi connectivity index (χ2v) is 6.42. The van der Waals surface area contributed by atoms with Crippen LogP contribution in [0.15, 0.2) is 18.2 Å². The number of ether oxygens (including phenoxy) is 2. The number of hydrogen-bond donors (Lipinski definition) is 1. The van der Waals surface area contributed by atoms with Gasteiger partial charge in [-0.3, -0.25) is 9.59 Å². The van der Waals surface area contributed by atoms with Crippen LogP contribution >= 0.6 is 0 Å². The van der Waals surface area contributed by atoms with Gasteiger partial charge in [0, 0.05) is 32.0 Å². The molecule has 6 nitrogen and oxygen atoms in total. The van der Waals surface area contributed by atoms with Crippen LogP contribution in [-0.4, -0.2) is 50.6 Å². The SMILES string of the molecule is COc1ccc(CC(C)C(=O)NCCCN2CCCC2=O)cc1OC. The molecule has 1 N–H and O–H groups in total. The van der Waals surface area contributed by atoms with E-state index in [1.165, 1.54) is 0 Å². The Labute approximate surface area is 149 Å². The van der Waals surface area contributed by atoms with E-state index < -0.39 is 0 Å². The maximum Gasteiger partial charge on any atom is 0.223 e. The maximum absolute atomic E-state index is 12.2. The Morgan fingerprint density at radius 2 is 2.04 bits per heavy atom. The van der Waals surface area contributed by atoms with Gasteiger partial charge in [-0.05, 0) is 37.0 Å². The second kappa shape index (κ2) is 9.30. The largest absolute Gasteiger partial charge is 0.493 e. The highest BCUT2D eigenvalue weighted by molar-refractivity contribution is 5.79. The van der Waals surface area contributed by atoms with Gasteiger partial charge in [0.25, 0.3) is 0 Å². The molecule has 25 heavy (non-hydrogen) atoms. The highest BCUT2D eigenvalue weighted by Gasteiger charge is 2.19. The lowest BCUT2D eigenvalue weighted by molar-refractivity contribution is -0.127. The molecule has 1 atom stereocenters. The third kappa shape index (κ3) is 5.37. The molecule has 1 aliphatic heterocycles. The van der Waals surface area contributed by atoms with Crippen molar-refractivity contribution >= 4 is 11.8 Å². The Bertz CT molecular complexity index is 603. The van der Waals surface area contributed by atoms with Gasteiger partial charge in [-0.2, -0.15) is 0 Å². The Morgan fingerprint density at radius 3 is 2.68 bits per heavy atom. The molecule has 1 fully saturated rings. The van der Waals surface area contributed by atoms with Gasteiger partial charge in [0.05, 0.1) is 14.2 Å². The number of carbonyl (C=O) groups excluding carboxylic acids is 2. The van der Waals surface area contributed by atoms with Crippen LogP contribution < -0.4 is 14.8 Å². The number of likely N-dealkylation sites (tertiary alicyclic amines) is 1. The molecule has 1 unspecified atom stereocenters. The molecule has 0 spiro atoms. The van der Waals surface area contributed by atoms with Crippen LogP contribution in [0.5, 0.6) is 11.5 Å². The molecule has 2 amide bonds. The molecule has 1 heterocycles. The summed E-state index contributed by atoms with van der Waals surface area (Å²) >= 11 is 0. The normalized spacial score (nSPS) is 15.2. The third-order valence-electron chi connectivity index (χ3n) is 4.51. The van der Waals surface area contributed by atoms with Gasteiger partial charge >= 0.3 is 0 Å². The van der Waals surface area contributed by atoms with E-state index in [1.54, 1.807) is 14.2 Å². The molecule has 0 radical (unpaired) electrons. The molecule has 1 aliphatic rings. The molecule has 0 bridgehead atoms. The van der Waals surface area contributed by atoms with Crippen molar-refractivity contribution in [3.05, 3.63) is 23.8 Å². The first-order chi connectivity index (χ1) is 12.0. The summed E-state index contributed by atoms with van der Waals surface area (Å²) in [4.78, 5) is 25.6. The summed E-state index contributed by atoms with van der Waals surface area (Å²) in [7, 11) is 3.20. The van der Waals surface area contributed by atoms with Gasteiger partial charge in [0.15, 0.2) is 11.5 Å². The maximum atomic E-state index is 12.2. The number of carbonyl (C=O) groups is 2. The lowest BCUT2D eigenvalue weighted by Gasteiger charge is -2.17. The predicted octanol–water partition coefficient (Wildman–Crippen LogP) is 2.01. The van der Waals surface area contributed by atoms with E-state index in [1.807, 2.05) is 30.0 Å². The molecule has 0 aliphatic carbocycles. The van der Waals surface area contributed by atoms with Crippen molar-refractivity contribution in [3.63, 3.8) is 0 Å². The third-order valence-corrected chi connectivity index (χ3v) is 4.51. The summed E-state index contributed by atoms with van der Waals surface area (Å²) in [5, 5.41) is 2.96. The summed E-state index contributed by atoms with van der Waals surface area (Å²) in [6.07, 6.45) is 3.04. The van der Waals surface area contributed by atoms with E-state index in [0.717, 1.165) is 31.5 Å². The number of nitrogens with zero attached hydrogens (tertiary/aromatic N) is 1. The van der Waals surface area contributed by atoms with E-state index in [-0.39, 0.29) is 17.7 Å². The van der Waals surface area contributed by atoms with Gasteiger partial charge in [-0.1, -0.05) is 13.0 Å². The van der Waals surface area contributed by atoms with Gasteiger partial charge in [0.2, 0.25) is 11.8 Å². The molecule has 1 aromatic rings. The number of methoxy groups -OCH3 is 2. The molecular weight excluding hydrogens is 320 g/mol. The summed E-state index contributed by atoms with van der Waals surface area (Å²) in [6.45, 7) is 4.08. The standard InChI is InChI=1S/C19H28N2O4/c1-14(12-15-7-8-16(24-2)17(13-15)25-3)19(23)20-9-5-11-21-10-4-6-18(21)22/h7-8,13-14H,4-6,9-12H2,1-3H3,(H,20,23). The smallest absolute Gasteiger partial charge is 0.223 e. The Morgan fingerprint density at radius 1 is 1.28 bits per heavy atom. The minimum Gasteiger partial charge on any atom is -0.493 e. The summed E-state index contributed by atoms with van der Waals surface area (Å²) < 4.78 is 10.5. The summed E-state index contributed by atoms with van der Waals surface area (Å²) in [5.41, 5.74) is 1.03. The molecule has 138 valence electrons. The number of benzene rings is 1. The Kier molecular flexibility index (Phi) is 7.10. The molecular formula is C19H28N2O4. The molecule has 0 aromatic heterocycles. The molecule has 2 rings (SSSR count). The fourth-order valence-corrected chi connectivity index (χ4v) is 3.05. The van der Waals surface area contributed by atoms with Crippen molar-refractivity contribution in [3.8, 4) is 11.5 Å². The predicted molar refractivity (Wildman–Crippen MR) is 95.9 cm³/mol. The minimum absolute atomic E-state index is 0.0301. The van der Waals surface area contributed by atoms with Crippen molar-refractivity contribution < 1.29 is 19.1 Å². The second-order valence-electron chi connectivity index (χ2n) is 6.42. The lowest BCUT2D eigenvalue weighted by Crippen LogP contribution is -2.33. The fraction of sp³-hybridized carbons (Fsp3) is 0.579. The van der Waals surface area contributed by atoms with Crippen LogP contribution in [0.1, 0.15) is 31.7 Å². The van der Waals surface area contributed by atoms with Crippen LogP contribution in [0.4, 0.5) is 0 Å². The molecule has 0 saturated carbocycles. The highest BCUT2D eigenvalue weighted by atomic mass is 16.5. The number of amides is 2. The van der Waals surface area contributed by atoms with Crippen LogP contribution in [-0.2, 0) is 16.0 Å². The van der Waals surface area contributed by atoms with E-state index in [0.29, 0.717) is 30.9 Å². The zero-order chi connectivity index (χ0) is 18.2. The van der Waals surface area contributed by atoms with E-state index >= 15 is 0 Å². The quantitative estimate of drug-likeness (QED) is 0.693. The molecule has 6 heteroatoms. The van der Waals surface area contributed by atoms with Crippen LogP contribution in [0.2, 0.25) is 0 Å². The summed E-state index contributed by atoms with van der Waals surface area (Å²) in [6, 6.07) is 5.71. The van der Waals surface area contributed by atoms with Crippen LogP contribution in [0, 0.1) is 5.92 Å². The van der Waals surface area contributed by atoms with Gasteiger partial charge in [-0.25, -0.2) is 0 Å². The zero-order valence-corrected chi connectivity index (χ0v) is 15.3. The van der Waals surface area contributed by atoms with Gasteiger partial charge in [-0.15, -0.1) is 0 Å². The highest BCUT2D eigenvalue weighted by Crippen LogP contribution is 2.28. The van der Waals surface area contributed by atoms with Crippen LogP contribution in [0.25, 0.3) is 0 Å². The number of hydrogen-bond acceptors (Lipinski definition) is 4. The van der Waals surface area contributed by atoms with E-state index in [4.69, 9.17) is 9.47 Å². The monoisotopic (exact) mass is 348 g/mol. The van der Waals surface area contributed by atoms with Gasteiger partial charge < -0.3 is 19.7 Å². The minimum atomic E-state index is -0.133. The summed E-state index contributed by atoms with van der Waals surface area (Å²) in [5.74, 6) is 1.48. The molecule has 1 saturated heterocycles. The van der Waals surface area contributed by atoms with E-state index in [2.05, 4.69) is 5.32 Å². The zero-order valence-electron chi connectivity index (χ0n) is 15.3. The first kappa shape index (κ1) is 19.1. The van der Waals surface area contributed by atoms with Gasteiger partial charge in [0.1, 0.15) is 0 Å². The van der Waals surface area contributed by atoms with Crippen molar-refractivity contribution in [2.24, 2.45) is 5.92 Å². The Hall–Kier alpha value is -2.24. The number of nitrogens with one attached hydrogen (secondary N) is 1. The van der Waals surface area contributed by atoms with Crippen molar-refractivity contribution in [2.45, 2.75) is 32.6 Å². The van der Waals surface area contributed by atoms with Crippen molar-refractivity contribution in [1.29, 1.82) is 0 Å². The topological polar surface area (TPSA) is 67.9 Å². The lowest BCUT2D eigenvalue weighted by atomic mass is 10.00. The average molecular weight is 348 g/mol. The first-order valence-corrected chi connectivity index (χ1v) is 8.81. The van der Waals surface area contributed by atoms with Crippen LogP contribution in [0.3, 0.4) is 0 Å². The number of rotatable bonds is 9. The van der Waals surface area contributed by atoms with Crippen molar-refractivity contribution in [2.75, 3.05) is 33.9 Å². The Balaban J connectivity index is 1.75. The average Bonchev–Trinajstić information content (AvgIpc) is 3.03.